The summed E-state index contributed by atoms with van der Waals surface area (Å²) in [6.07, 6.45) is 10.5. The summed E-state index contributed by atoms with van der Waals surface area (Å²) in [4.78, 5) is 31.8. The summed E-state index contributed by atoms with van der Waals surface area (Å²) in [5.41, 5.74) is 1.95. The highest BCUT2D eigenvalue weighted by molar-refractivity contribution is 8.01. The van der Waals surface area contributed by atoms with Crippen LogP contribution in [0.5, 0.6) is 0 Å². The first kappa shape index (κ1) is 18.0. The Morgan fingerprint density at radius 3 is 2.55 bits per heavy atom. The fourth-order valence-electron chi connectivity index (χ4n) is 5.50. The lowest BCUT2D eigenvalue weighted by molar-refractivity contribution is -0.140. The molecule has 6 rings (SSSR count). The maximum absolute atomic E-state index is 12.8. The summed E-state index contributed by atoms with van der Waals surface area (Å²) in [6.45, 7) is 0.248. The number of rotatable bonds is 5. The number of thiazole rings is 1. The van der Waals surface area contributed by atoms with E-state index in [0.29, 0.717) is 5.25 Å². The third-order valence-corrected chi connectivity index (χ3v) is 9.39. The van der Waals surface area contributed by atoms with Gasteiger partial charge in [0.1, 0.15) is 0 Å². The minimum absolute atomic E-state index is 0.00142. The van der Waals surface area contributed by atoms with Gasteiger partial charge in [-0.1, -0.05) is 36.8 Å². The van der Waals surface area contributed by atoms with Crippen LogP contribution in [0, 0.1) is 23.7 Å². The van der Waals surface area contributed by atoms with Gasteiger partial charge in [0.05, 0.1) is 28.7 Å². The van der Waals surface area contributed by atoms with Crippen molar-refractivity contribution < 1.29 is 9.59 Å². The van der Waals surface area contributed by atoms with Gasteiger partial charge in [-0.2, -0.15) is 0 Å². The van der Waals surface area contributed by atoms with Crippen molar-refractivity contribution in [2.24, 2.45) is 23.7 Å². The van der Waals surface area contributed by atoms with Gasteiger partial charge in [-0.05, 0) is 49.3 Å². The van der Waals surface area contributed by atoms with Gasteiger partial charge in [0.2, 0.25) is 11.8 Å². The van der Waals surface area contributed by atoms with Crippen LogP contribution in [0.4, 0.5) is 5.69 Å². The minimum atomic E-state index is -0.126. The largest absolute Gasteiger partial charge is 0.367 e. The number of benzene rings is 1. The number of hydrogen-bond donors (Lipinski definition) is 1. The second-order valence-corrected chi connectivity index (χ2v) is 11.2. The molecule has 2 saturated carbocycles. The predicted molar refractivity (Wildman–Crippen MR) is 116 cm³/mol. The third kappa shape index (κ3) is 2.93. The van der Waals surface area contributed by atoms with Crippen LogP contribution in [-0.2, 0) is 9.59 Å². The van der Waals surface area contributed by atoms with E-state index >= 15 is 0 Å². The highest BCUT2D eigenvalue weighted by Gasteiger charge is 2.59. The van der Waals surface area contributed by atoms with Crippen molar-refractivity contribution in [2.45, 2.75) is 41.7 Å². The Morgan fingerprint density at radius 1 is 1.10 bits per heavy atom. The van der Waals surface area contributed by atoms with E-state index in [2.05, 4.69) is 23.5 Å². The molecule has 4 unspecified atom stereocenters. The highest BCUT2D eigenvalue weighted by atomic mass is 32.2. The zero-order valence-electron chi connectivity index (χ0n) is 16.0. The zero-order chi connectivity index (χ0) is 19.5. The standard InChI is InChI=1S/C22H23N3O2S2/c26-20-18-12-5-6-13(9-12)19(18)21(27)25(20)11-23-14-7-8-16-17(10-14)29-22(24-16)28-15-3-1-2-4-15/h5-8,10,12-13,15,18-19,23H,1-4,9,11H2. The van der Waals surface area contributed by atoms with Crippen LogP contribution in [-0.4, -0.2) is 33.6 Å². The van der Waals surface area contributed by atoms with Crippen molar-refractivity contribution >= 4 is 50.8 Å². The second-order valence-electron chi connectivity index (χ2n) is 8.63. The molecule has 2 aromatic rings. The number of hydrogen-bond acceptors (Lipinski definition) is 6. The SMILES string of the molecule is O=C1C2C3C=CC(C3)C2C(=O)N1CNc1ccc2nc(SC3CCCC3)sc2c1. The molecule has 1 aliphatic heterocycles. The van der Waals surface area contributed by atoms with Crippen molar-refractivity contribution in [3.63, 3.8) is 0 Å². The molecule has 5 nitrogen and oxygen atoms in total. The number of amides is 2. The Bertz CT molecular complexity index is 996. The molecular weight excluding hydrogens is 402 g/mol. The van der Waals surface area contributed by atoms with Crippen molar-refractivity contribution in [2.75, 3.05) is 12.0 Å². The lowest BCUT2D eigenvalue weighted by atomic mass is 9.85. The van der Waals surface area contributed by atoms with E-state index in [1.165, 1.54) is 30.6 Å². The fourth-order valence-corrected chi connectivity index (χ4v) is 8.11. The molecule has 3 aliphatic carbocycles. The smallest absolute Gasteiger partial charge is 0.235 e. The highest BCUT2D eigenvalue weighted by Crippen LogP contribution is 2.52. The lowest BCUT2D eigenvalue weighted by Gasteiger charge is -2.18. The maximum Gasteiger partial charge on any atom is 0.235 e. The van der Waals surface area contributed by atoms with E-state index in [4.69, 9.17) is 4.98 Å². The number of nitrogens with zero attached hydrogens (tertiary/aromatic N) is 2. The van der Waals surface area contributed by atoms with Gasteiger partial charge in [0.25, 0.3) is 0 Å². The Balaban J connectivity index is 1.15. The first-order valence-corrected chi connectivity index (χ1v) is 12.2. The predicted octanol–water partition coefficient (Wildman–Crippen LogP) is 4.51. The summed E-state index contributed by atoms with van der Waals surface area (Å²) < 4.78 is 2.29. The van der Waals surface area contributed by atoms with Crippen molar-refractivity contribution in [1.82, 2.24) is 9.88 Å². The number of thioether (sulfide) groups is 1. The average molecular weight is 426 g/mol. The van der Waals surface area contributed by atoms with E-state index in [9.17, 15) is 9.59 Å². The van der Waals surface area contributed by atoms with Crippen LogP contribution in [0.25, 0.3) is 10.2 Å². The van der Waals surface area contributed by atoms with Gasteiger partial charge < -0.3 is 5.32 Å². The summed E-state index contributed by atoms with van der Waals surface area (Å²) in [5.74, 6) is 0.264. The quantitative estimate of drug-likeness (QED) is 0.564. The van der Waals surface area contributed by atoms with Gasteiger partial charge in [0, 0.05) is 10.9 Å². The molecule has 1 aromatic heterocycles. The van der Waals surface area contributed by atoms with Crippen LogP contribution in [0.3, 0.4) is 0 Å². The normalized spacial score (nSPS) is 30.8. The van der Waals surface area contributed by atoms with Gasteiger partial charge in [-0.25, -0.2) is 4.98 Å². The van der Waals surface area contributed by atoms with Crippen LogP contribution >= 0.6 is 23.1 Å². The monoisotopic (exact) mass is 425 g/mol. The van der Waals surface area contributed by atoms with Crippen LogP contribution in [0.2, 0.25) is 0 Å². The average Bonchev–Trinajstić information content (AvgIpc) is 3.51. The van der Waals surface area contributed by atoms with Crippen molar-refractivity contribution in [3.05, 3.63) is 30.4 Å². The molecule has 150 valence electrons. The van der Waals surface area contributed by atoms with Gasteiger partial charge in [0.15, 0.2) is 4.34 Å². The number of fused-ring (bicyclic) bond motifs is 6. The van der Waals surface area contributed by atoms with Gasteiger partial charge in [-0.3, -0.25) is 14.5 Å². The molecule has 2 bridgehead atoms. The summed E-state index contributed by atoms with van der Waals surface area (Å²) in [7, 11) is 0. The topological polar surface area (TPSA) is 62.3 Å². The lowest BCUT2D eigenvalue weighted by Crippen LogP contribution is -2.37. The fraction of sp³-hybridized carbons (Fsp3) is 0.500. The molecule has 4 aliphatic rings. The molecule has 7 heteroatoms. The molecule has 0 spiro atoms. The first-order chi connectivity index (χ1) is 14.2. The number of imide groups is 1. The molecule has 2 amide bonds. The van der Waals surface area contributed by atoms with Crippen molar-refractivity contribution in [1.29, 1.82) is 0 Å². The zero-order valence-corrected chi connectivity index (χ0v) is 17.7. The molecule has 4 atom stereocenters. The van der Waals surface area contributed by atoms with E-state index < -0.39 is 0 Å². The number of anilines is 1. The summed E-state index contributed by atoms with van der Waals surface area (Å²) >= 11 is 3.65. The number of carbonyl (C=O) groups excluding carboxylic acids is 2. The van der Waals surface area contributed by atoms with E-state index in [-0.39, 0.29) is 42.2 Å². The Kier molecular flexibility index (Phi) is 4.24. The second kappa shape index (κ2) is 6.84. The third-order valence-electron chi connectivity index (χ3n) is 6.94. The van der Waals surface area contributed by atoms with Gasteiger partial charge >= 0.3 is 0 Å². The van der Waals surface area contributed by atoms with Gasteiger partial charge in [-0.15, -0.1) is 11.3 Å². The van der Waals surface area contributed by atoms with Crippen LogP contribution in [0.15, 0.2) is 34.7 Å². The molecule has 0 radical (unpaired) electrons. The molecule has 29 heavy (non-hydrogen) atoms. The van der Waals surface area contributed by atoms with E-state index in [1.54, 1.807) is 11.3 Å². The Labute approximate surface area is 177 Å². The number of nitrogens with one attached hydrogen (secondary N) is 1. The van der Waals surface area contributed by atoms with Crippen LogP contribution in [0.1, 0.15) is 32.1 Å². The molecular formula is C22H23N3O2S2. The molecule has 1 aromatic carbocycles. The summed E-state index contributed by atoms with van der Waals surface area (Å²) in [6, 6.07) is 6.10. The van der Waals surface area contributed by atoms with E-state index in [1.807, 2.05) is 23.9 Å². The summed E-state index contributed by atoms with van der Waals surface area (Å²) in [5, 5.41) is 4.01. The Morgan fingerprint density at radius 2 is 1.83 bits per heavy atom. The van der Waals surface area contributed by atoms with Crippen molar-refractivity contribution in [3.8, 4) is 0 Å². The first-order valence-electron chi connectivity index (χ1n) is 10.5. The molecule has 2 heterocycles. The number of likely N-dealkylation sites (tertiary alicyclic amines) is 1. The maximum atomic E-state index is 12.8. The van der Waals surface area contributed by atoms with E-state index in [0.717, 1.165) is 26.7 Å². The minimum Gasteiger partial charge on any atom is -0.367 e. The number of carbonyl (C=O) groups is 2. The molecule has 1 saturated heterocycles. The molecule has 1 N–H and O–H groups in total. The number of aromatic nitrogens is 1. The molecule has 3 fully saturated rings. The number of allylic oxidation sites excluding steroid dienone is 2. The Hall–Kier alpha value is -1.86. The van der Waals surface area contributed by atoms with Crippen LogP contribution < -0.4 is 5.32 Å².